The highest BCUT2D eigenvalue weighted by atomic mass is 16.3. The van der Waals surface area contributed by atoms with E-state index in [0.717, 1.165) is 18.5 Å². The summed E-state index contributed by atoms with van der Waals surface area (Å²) < 4.78 is 1.38. The molecule has 1 atom stereocenters. The smallest absolute Gasteiger partial charge is 0.266 e. The lowest BCUT2D eigenvalue weighted by molar-refractivity contribution is 0.0650. The van der Waals surface area contributed by atoms with Crippen molar-refractivity contribution in [1.29, 1.82) is 0 Å². The number of hydrogen-bond acceptors (Lipinski definition) is 3. The van der Waals surface area contributed by atoms with Gasteiger partial charge < -0.3 is 5.11 Å². The van der Waals surface area contributed by atoms with Gasteiger partial charge in [-0.3, -0.25) is 4.79 Å². The van der Waals surface area contributed by atoms with E-state index in [0.29, 0.717) is 12.5 Å². The standard InChI is InChI=1S/C13H20N2O2/c1-10-7-8-13(17)15(14-10)9-12(16)11-5-3-2-4-6-11/h7-8,11-12,16H,2-6,9H2,1H3. The zero-order valence-corrected chi connectivity index (χ0v) is 10.3. The van der Waals surface area contributed by atoms with Crippen molar-refractivity contribution in [2.45, 2.75) is 51.7 Å². The molecule has 0 spiro atoms. The zero-order chi connectivity index (χ0) is 12.3. The number of nitrogens with zero attached hydrogens (tertiary/aromatic N) is 2. The fourth-order valence-electron chi connectivity index (χ4n) is 2.53. The van der Waals surface area contributed by atoms with Crippen LogP contribution in [0.25, 0.3) is 0 Å². The lowest BCUT2D eigenvalue weighted by atomic mass is 9.85. The van der Waals surface area contributed by atoms with E-state index in [1.54, 1.807) is 6.07 Å². The quantitative estimate of drug-likeness (QED) is 0.865. The van der Waals surface area contributed by atoms with Gasteiger partial charge in [-0.15, -0.1) is 0 Å². The van der Waals surface area contributed by atoms with E-state index in [2.05, 4.69) is 5.10 Å². The minimum Gasteiger partial charge on any atom is -0.391 e. The molecule has 0 bridgehead atoms. The molecule has 0 aliphatic heterocycles. The Balaban J connectivity index is 2.04. The van der Waals surface area contributed by atoms with Crippen molar-refractivity contribution < 1.29 is 5.11 Å². The Morgan fingerprint density at radius 1 is 1.41 bits per heavy atom. The average Bonchev–Trinajstić information content (AvgIpc) is 2.35. The van der Waals surface area contributed by atoms with Gasteiger partial charge >= 0.3 is 0 Å². The van der Waals surface area contributed by atoms with E-state index in [9.17, 15) is 9.90 Å². The monoisotopic (exact) mass is 236 g/mol. The number of aliphatic hydroxyl groups is 1. The summed E-state index contributed by atoms with van der Waals surface area (Å²) in [5.74, 6) is 0.331. The molecule has 0 aromatic carbocycles. The van der Waals surface area contributed by atoms with Gasteiger partial charge in [-0.2, -0.15) is 5.10 Å². The summed E-state index contributed by atoms with van der Waals surface area (Å²) in [6, 6.07) is 3.21. The van der Waals surface area contributed by atoms with Crippen molar-refractivity contribution in [3.8, 4) is 0 Å². The van der Waals surface area contributed by atoms with Gasteiger partial charge in [0, 0.05) is 6.07 Å². The summed E-state index contributed by atoms with van der Waals surface area (Å²) in [5, 5.41) is 14.3. The van der Waals surface area contributed by atoms with Gasteiger partial charge in [-0.1, -0.05) is 19.3 Å². The minimum atomic E-state index is -0.442. The highest BCUT2D eigenvalue weighted by Gasteiger charge is 2.22. The molecule has 0 amide bonds. The Labute approximate surface area is 101 Å². The van der Waals surface area contributed by atoms with E-state index in [1.165, 1.54) is 30.0 Å². The molecule has 4 heteroatoms. The van der Waals surface area contributed by atoms with Gasteiger partial charge in [0.05, 0.1) is 18.3 Å². The van der Waals surface area contributed by atoms with Crippen molar-refractivity contribution in [3.05, 3.63) is 28.2 Å². The Morgan fingerprint density at radius 2 is 2.12 bits per heavy atom. The second-order valence-electron chi connectivity index (χ2n) is 4.96. The third-order valence-corrected chi connectivity index (χ3v) is 3.55. The molecule has 1 fully saturated rings. The van der Waals surface area contributed by atoms with Gasteiger partial charge in [-0.05, 0) is 31.7 Å². The molecule has 1 saturated carbocycles. The van der Waals surface area contributed by atoms with E-state index >= 15 is 0 Å². The topological polar surface area (TPSA) is 55.1 Å². The first-order valence-corrected chi connectivity index (χ1v) is 6.39. The van der Waals surface area contributed by atoms with E-state index in [-0.39, 0.29) is 5.56 Å². The largest absolute Gasteiger partial charge is 0.391 e. The van der Waals surface area contributed by atoms with E-state index in [1.807, 2.05) is 6.92 Å². The van der Waals surface area contributed by atoms with Crippen molar-refractivity contribution in [2.24, 2.45) is 5.92 Å². The molecule has 0 saturated heterocycles. The van der Waals surface area contributed by atoms with E-state index in [4.69, 9.17) is 0 Å². The molecule has 1 aromatic heterocycles. The maximum atomic E-state index is 11.6. The third kappa shape index (κ3) is 3.16. The highest BCUT2D eigenvalue weighted by molar-refractivity contribution is 4.97. The first-order chi connectivity index (χ1) is 8.16. The van der Waals surface area contributed by atoms with Gasteiger partial charge in [-0.25, -0.2) is 4.68 Å². The summed E-state index contributed by atoms with van der Waals surface area (Å²) >= 11 is 0. The normalized spacial score (nSPS) is 19.2. The van der Waals surface area contributed by atoms with Crippen LogP contribution < -0.4 is 5.56 Å². The molecule has 1 heterocycles. The second kappa shape index (κ2) is 5.45. The Hall–Kier alpha value is -1.16. The number of rotatable bonds is 3. The maximum absolute atomic E-state index is 11.6. The summed E-state index contributed by atoms with van der Waals surface area (Å²) in [5.41, 5.74) is 0.672. The highest BCUT2D eigenvalue weighted by Crippen LogP contribution is 2.26. The first kappa shape index (κ1) is 12.3. The molecule has 1 aliphatic rings. The van der Waals surface area contributed by atoms with Crippen LogP contribution in [0.4, 0.5) is 0 Å². The Bertz CT molecular complexity index is 422. The average molecular weight is 236 g/mol. The predicted molar refractivity (Wildman–Crippen MR) is 65.8 cm³/mol. The van der Waals surface area contributed by atoms with E-state index < -0.39 is 6.10 Å². The number of aryl methyl sites for hydroxylation is 1. The number of aliphatic hydroxyl groups excluding tert-OH is 1. The molecule has 1 unspecified atom stereocenters. The Morgan fingerprint density at radius 3 is 2.82 bits per heavy atom. The lowest BCUT2D eigenvalue weighted by Crippen LogP contribution is -2.33. The van der Waals surface area contributed by atoms with Crippen molar-refractivity contribution in [1.82, 2.24) is 9.78 Å². The molecule has 1 aromatic rings. The summed E-state index contributed by atoms with van der Waals surface area (Å²) in [4.78, 5) is 11.6. The van der Waals surface area contributed by atoms with Gasteiger partial charge in [0.25, 0.3) is 5.56 Å². The Kier molecular flexibility index (Phi) is 3.94. The lowest BCUT2D eigenvalue weighted by Gasteiger charge is -2.26. The molecule has 1 N–H and O–H groups in total. The molecular weight excluding hydrogens is 216 g/mol. The minimum absolute atomic E-state index is 0.134. The summed E-state index contributed by atoms with van der Waals surface area (Å²) in [7, 11) is 0. The van der Waals surface area contributed by atoms with Gasteiger partial charge in [0.1, 0.15) is 0 Å². The fraction of sp³-hybridized carbons (Fsp3) is 0.692. The second-order valence-corrected chi connectivity index (χ2v) is 4.96. The third-order valence-electron chi connectivity index (χ3n) is 3.55. The fourth-order valence-corrected chi connectivity index (χ4v) is 2.53. The van der Waals surface area contributed by atoms with Crippen LogP contribution in [-0.4, -0.2) is 21.0 Å². The van der Waals surface area contributed by atoms with Crippen LogP contribution in [0.15, 0.2) is 16.9 Å². The molecule has 17 heavy (non-hydrogen) atoms. The SMILES string of the molecule is Cc1ccc(=O)n(CC(O)C2CCCCC2)n1. The van der Waals surface area contributed by atoms with Crippen LogP contribution in [0.1, 0.15) is 37.8 Å². The molecular formula is C13H20N2O2. The van der Waals surface area contributed by atoms with Crippen molar-refractivity contribution in [2.75, 3.05) is 0 Å². The number of hydrogen-bond donors (Lipinski definition) is 1. The van der Waals surface area contributed by atoms with Crippen molar-refractivity contribution >= 4 is 0 Å². The maximum Gasteiger partial charge on any atom is 0.266 e. The molecule has 4 nitrogen and oxygen atoms in total. The van der Waals surface area contributed by atoms with Crippen LogP contribution in [-0.2, 0) is 6.54 Å². The summed E-state index contributed by atoms with van der Waals surface area (Å²) in [6.45, 7) is 2.17. The molecule has 94 valence electrons. The first-order valence-electron chi connectivity index (χ1n) is 6.39. The van der Waals surface area contributed by atoms with Gasteiger partial charge in [0.15, 0.2) is 0 Å². The molecule has 1 aliphatic carbocycles. The molecule has 2 rings (SSSR count). The van der Waals surface area contributed by atoms with Crippen LogP contribution in [0.2, 0.25) is 0 Å². The van der Waals surface area contributed by atoms with Crippen LogP contribution >= 0.6 is 0 Å². The van der Waals surface area contributed by atoms with Crippen LogP contribution in [0, 0.1) is 12.8 Å². The zero-order valence-electron chi connectivity index (χ0n) is 10.3. The van der Waals surface area contributed by atoms with Gasteiger partial charge in [0.2, 0.25) is 0 Å². The van der Waals surface area contributed by atoms with Crippen LogP contribution in [0.3, 0.4) is 0 Å². The summed E-state index contributed by atoms with van der Waals surface area (Å²) in [6.07, 6.45) is 5.35. The molecule has 0 radical (unpaired) electrons. The predicted octanol–water partition coefficient (Wildman–Crippen LogP) is 1.49. The van der Waals surface area contributed by atoms with Crippen molar-refractivity contribution in [3.63, 3.8) is 0 Å². The van der Waals surface area contributed by atoms with Crippen LogP contribution in [0.5, 0.6) is 0 Å². The number of aromatic nitrogens is 2.